The van der Waals surface area contributed by atoms with Gasteiger partial charge in [0.25, 0.3) is 0 Å². The molecule has 0 amide bonds. The van der Waals surface area contributed by atoms with Crippen LogP contribution in [0.4, 0.5) is 0 Å². The zero-order chi connectivity index (χ0) is 22.9. The van der Waals surface area contributed by atoms with Crippen LogP contribution in [-0.4, -0.2) is 53.0 Å². The molecular formula is C21H23N3O6S. The normalized spacial score (nSPS) is 11.6. The van der Waals surface area contributed by atoms with E-state index >= 15 is 0 Å². The van der Waals surface area contributed by atoms with E-state index in [-0.39, 0.29) is 34.6 Å². The number of sulfone groups is 1. The molecule has 3 aromatic rings. The van der Waals surface area contributed by atoms with E-state index in [0.717, 1.165) is 6.26 Å². The average molecular weight is 445 g/mol. The summed E-state index contributed by atoms with van der Waals surface area (Å²) < 4.78 is 29.6. The lowest BCUT2D eigenvalue weighted by Gasteiger charge is -2.13. The number of rotatable bonds is 6. The van der Waals surface area contributed by atoms with Gasteiger partial charge in [-0.05, 0) is 29.7 Å². The highest BCUT2D eigenvalue weighted by molar-refractivity contribution is 7.90. The highest BCUT2D eigenvalue weighted by Gasteiger charge is 2.23. The maximum absolute atomic E-state index is 11.9. The zero-order valence-corrected chi connectivity index (χ0v) is 18.3. The fourth-order valence-corrected chi connectivity index (χ4v) is 3.81. The summed E-state index contributed by atoms with van der Waals surface area (Å²) in [5.41, 5.74) is 2.12. The van der Waals surface area contributed by atoms with Gasteiger partial charge in [0.15, 0.2) is 9.84 Å². The summed E-state index contributed by atoms with van der Waals surface area (Å²) in [5.74, 6) is -0.830. The smallest absolute Gasteiger partial charge is 0.327 e. The summed E-state index contributed by atoms with van der Waals surface area (Å²) in [6.45, 7) is 3.56. The maximum atomic E-state index is 11.9. The van der Waals surface area contributed by atoms with Crippen molar-refractivity contribution < 1.29 is 28.2 Å². The molecule has 0 aliphatic heterocycles. The van der Waals surface area contributed by atoms with Crippen molar-refractivity contribution >= 4 is 15.8 Å². The third-order valence-corrected chi connectivity index (χ3v) is 5.95. The van der Waals surface area contributed by atoms with E-state index in [0.29, 0.717) is 22.4 Å². The second-order valence-corrected chi connectivity index (χ2v) is 9.42. The van der Waals surface area contributed by atoms with Gasteiger partial charge in [-0.25, -0.2) is 13.1 Å². The second kappa shape index (κ2) is 8.38. The summed E-state index contributed by atoms with van der Waals surface area (Å²) in [6, 6.07) is 8.90. The van der Waals surface area contributed by atoms with Crippen LogP contribution in [0.3, 0.4) is 0 Å². The summed E-state index contributed by atoms with van der Waals surface area (Å²) >= 11 is 0. The van der Waals surface area contributed by atoms with Crippen molar-refractivity contribution in [3.63, 3.8) is 0 Å². The fourth-order valence-electron chi connectivity index (χ4n) is 3.18. The van der Waals surface area contributed by atoms with Crippen LogP contribution in [0.1, 0.15) is 25.3 Å². The number of phenols is 2. The molecule has 31 heavy (non-hydrogen) atoms. The molecule has 0 saturated carbocycles. The molecule has 9 nitrogen and oxygen atoms in total. The molecule has 0 fully saturated rings. The van der Waals surface area contributed by atoms with Crippen molar-refractivity contribution in [3.05, 3.63) is 42.0 Å². The van der Waals surface area contributed by atoms with Gasteiger partial charge < -0.3 is 14.9 Å². The number of esters is 1. The highest BCUT2D eigenvalue weighted by Crippen LogP contribution is 2.40. The summed E-state index contributed by atoms with van der Waals surface area (Å²) in [4.78, 5) is 12.0. The first-order chi connectivity index (χ1) is 14.5. The summed E-state index contributed by atoms with van der Waals surface area (Å²) in [6.07, 6.45) is 1.11. The molecule has 164 valence electrons. The largest absolute Gasteiger partial charge is 0.508 e. The molecule has 0 atom stereocenters. The lowest BCUT2D eigenvalue weighted by atomic mass is 9.96. The number of carbonyl (C=O) groups is 1. The Kier molecular flexibility index (Phi) is 6.03. The van der Waals surface area contributed by atoms with Gasteiger partial charge in [-0.1, -0.05) is 31.2 Å². The lowest BCUT2D eigenvalue weighted by Crippen LogP contribution is -2.14. The third kappa shape index (κ3) is 4.53. The monoisotopic (exact) mass is 445 g/mol. The number of methoxy groups -OCH3 is 1. The van der Waals surface area contributed by atoms with Gasteiger partial charge in [0, 0.05) is 23.4 Å². The molecule has 0 spiro atoms. The molecule has 0 aliphatic rings. The quantitative estimate of drug-likeness (QED) is 0.554. The maximum Gasteiger partial charge on any atom is 0.327 e. The summed E-state index contributed by atoms with van der Waals surface area (Å²) in [5, 5.41) is 28.9. The first kappa shape index (κ1) is 22.3. The fraction of sp³-hybridized carbons (Fsp3) is 0.286. The Balaban J connectivity index is 2.24. The number of nitrogens with zero attached hydrogens (tertiary/aromatic N) is 3. The van der Waals surface area contributed by atoms with Crippen LogP contribution in [0.15, 0.2) is 41.3 Å². The molecule has 2 N–H and O–H groups in total. The zero-order valence-electron chi connectivity index (χ0n) is 17.5. The first-order valence-electron chi connectivity index (χ1n) is 9.40. The Morgan fingerprint density at radius 1 is 1.13 bits per heavy atom. The average Bonchev–Trinajstić information content (AvgIpc) is 3.10. The molecule has 0 bridgehead atoms. The molecular weight excluding hydrogens is 422 g/mol. The predicted molar refractivity (Wildman–Crippen MR) is 113 cm³/mol. The van der Waals surface area contributed by atoms with Crippen molar-refractivity contribution in [2.24, 2.45) is 0 Å². The van der Waals surface area contributed by atoms with Crippen molar-refractivity contribution in [2.75, 3.05) is 13.4 Å². The van der Waals surface area contributed by atoms with Crippen molar-refractivity contribution in [2.45, 2.75) is 31.2 Å². The molecule has 0 saturated heterocycles. The van der Waals surface area contributed by atoms with Gasteiger partial charge in [-0.2, -0.15) is 0 Å². The van der Waals surface area contributed by atoms with Crippen LogP contribution in [0, 0.1) is 0 Å². The van der Waals surface area contributed by atoms with Gasteiger partial charge in [-0.3, -0.25) is 4.79 Å². The number of ether oxygens (including phenoxy) is 1. The van der Waals surface area contributed by atoms with Gasteiger partial charge in [-0.15, -0.1) is 5.10 Å². The molecule has 0 aliphatic carbocycles. The van der Waals surface area contributed by atoms with Gasteiger partial charge in [0.1, 0.15) is 23.7 Å². The molecule has 3 rings (SSSR count). The van der Waals surface area contributed by atoms with Crippen LogP contribution in [0.5, 0.6) is 11.5 Å². The SMILES string of the molecule is COC(=O)Cn1nnc(-c2cc(C(C)C)c(O)cc2O)c1-c1ccc(S(C)(=O)=O)cc1. The molecule has 2 aromatic carbocycles. The number of aromatic nitrogens is 3. The Bertz CT molecular complexity index is 1230. The van der Waals surface area contributed by atoms with Crippen LogP contribution < -0.4 is 0 Å². The van der Waals surface area contributed by atoms with Crippen LogP contribution >= 0.6 is 0 Å². The van der Waals surface area contributed by atoms with Gasteiger partial charge in [0.05, 0.1) is 17.7 Å². The third-order valence-electron chi connectivity index (χ3n) is 4.82. The van der Waals surface area contributed by atoms with E-state index in [2.05, 4.69) is 10.3 Å². The van der Waals surface area contributed by atoms with Crippen LogP contribution in [0.25, 0.3) is 22.5 Å². The number of hydrogen-bond donors (Lipinski definition) is 2. The lowest BCUT2D eigenvalue weighted by molar-refractivity contribution is -0.141. The van der Waals surface area contributed by atoms with E-state index in [1.807, 2.05) is 13.8 Å². The van der Waals surface area contributed by atoms with E-state index in [1.165, 1.54) is 30.0 Å². The molecule has 1 aromatic heterocycles. The van der Waals surface area contributed by atoms with E-state index in [1.54, 1.807) is 18.2 Å². The molecule has 10 heteroatoms. The van der Waals surface area contributed by atoms with Crippen molar-refractivity contribution in [3.8, 4) is 34.0 Å². The number of carbonyl (C=O) groups excluding carboxylic acids is 1. The van der Waals surface area contributed by atoms with Gasteiger partial charge in [0.2, 0.25) is 0 Å². The van der Waals surface area contributed by atoms with Gasteiger partial charge >= 0.3 is 5.97 Å². The number of aromatic hydroxyl groups is 2. The van der Waals surface area contributed by atoms with Crippen LogP contribution in [0.2, 0.25) is 0 Å². The minimum atomic E-state index is -3.39. The van der Waals surface area contributed by atoms with E-state index in [4.69, 9.17) is 4.74 Å². The Hall–Kier alpha value is -3.40. The van der Waals surface area contributed by atoms with Crippen LogP contribution in [-0.2, 0) is 25.9 Å². The number of benzene rings is 2. The Labute approximate surface area is 179 Å². The predicted octanol–water partition coefficient (Wildman–Crippen LogP) is 2.72. The molecule has 0 radical (unpaired) electrons. The first-order valence-corrected chi connectivity index (χ1v) is 11.3. The van der Waals surface area contributed by atoms with Crippen molar-refractivity contribution in [1.29, 1.82) is 0 Å². The van der Waals surface area contributed by atoms with Crippen molar-refractivity contribution in [1.82, 2.24) is 15.0 Å². The minimum Gasteiger partial charge on any atom is -0.508 e. The van der Waals surface area contributed by atoms with E-state index in [9.17, 15) is 23.4 Å². The molecule has 0 unspecified atom stereocenters. The standard InChI is InChI=1S/C21H23N3O6S/c1-12(2)15-9-16(18(26)10-17(15)25)20-21(24(23-22-20)11-19(27)30-3)13-5-7-14(8-6-13)31(4,28)29/h5-10,12,25-26H,11H2,1-4H3. The number of hydrogen-bond acceptors (Lipinski definition) is 8. The second-order valence-electron chi connectivity index (χ2n) is 7.40. The topological polar surface area (TPSA) is 132 Å². The number of phenolic OH excluding ortho intramolecular Hbond substituents is 2. The summed E-state index contributed by atoms with van der Waals surface area (Å²) in [7, 11) is -2.14. The highest BCUT2D eigenvalue weighted by atomic mass is 32.2. The Morgan fingerprint density at radius 3 is 2.32 bits per heavy atom. The van der Waals surface area contributed by atoms with E-state index < -0.39 is 15.8 Å². The minimum absolute atomic E-state index is 0.0260. The Morgan fingerprint density at radius 2 is 1.77 bits per heavy atom. The molecule has 1 heterocycles.